The first kappa shape index (κ1) is 20.0. The molecule has 1 aliphatic heterocycles. The maximum absolute atomic E-state index is 12.9. The summed E-state index contributed by atoms with van der Waals surface area (Å²) >= 11 is 0. The SMILES string of the molecule is COc1ccc([N+](=O)[O-])cc1NC(=O)[C@H](C)N1CCC[C@@H](C(F)(F)F)C1. The molecule has 0 aromatic heterocycles. The molecule has 1 amide bonds. The lowest BCUT2D eigenvalue weighted by Gasteiger charge is -2.36. The topological polar surface area (TPSA) is 84.7 Å². The summed E-state index contributed by atoms with van der Waals surface area (Å²) in [6.07, 6.45) is -3.90. The standard InChI is InChI=1S/C16H20F3N3O4/c1-10(21-7-3-4-11(9-21)16(17,18)19)15(23)20-13-8-12(22(24)25)5-6-14(13)26-2/h5-6,8,10-11H,3-4,7,9H2,1-2H3,(H,20,23)/t10-,11+/m0/s1. The van der Waals surface area contributed by atoms with E-state index in [1.165, 1.54) is 31.1 Å². The van der Waals surface area contributed by atoms with E-state index in [1.54, 1.807) is 0 Å². The molecule has 2 rings (SSSR count). The third-order valence-corrected chi connectivity index (χ3v) is 4.49. The van der Waals surface area contributed by atoms with Crippen molar-refractivity contribution in [2.75, 3.05) is 25.5 Å². The second-order valence-corrected chi connectivity index (χ2v) is 6.18. The number of non-ortho nitro benzene ring substituents is 1. The minimum atomic E-state index is -4.29. The molecule has 7 nitrogen and oxygen atoms in total. The van der Waals surface area contributed by atoms with E-state index < -0.39 is 29.0 Å². The molecule has 0 radical (unpaired) electrons. The maximum atomic E-state index is 12.9. The Labute approximate surface area is 148 Å². The maximum Gasteiger partial charge on any atom is 0.393 e. The molecule has 144 valence electrons. The van der Waals surface area contributed by atoms with Crippen molar-refractivity contribution < 1.29 is 27.6 Å². The Morgan fingerprint density at radius 2 is 2.15 bits per heavy atom. The molecular weight excluding hydrogens is 355 g/mol. The molecule has 0 unspecified atom stereocenters. The summed E-state index contributed by atoms with van der Waals surface area (Å²) in [6.45, 7) is 1.65. The molecule has 1 fully saturated rings. The molecule has 0 aliphatic carbocycles. The molecule has 1 saturated heterocycles. The fraction of sp³-hybridized carbons (Fsp3) is 0.562. The molecule has 0 saturated carbocycles. The van der Waals surface area contributed by atoms with Crippen LogP contribution in [0.4, 0.5) is 24.5 Å². The molecule has 1 aliphatic rings. The van der Waals surface area contributed by atoms with Crippen molar-refractivity contribution >= 4 is 17.3 Å². The van der Waals surface area contributed by atoms with Gasteiger partial charge in [0.2, 0.25) is 5.91 Å². The summed E-state index contributed by atoms with van der Waals surface area (Å²) in [5.41, 5.74) is -0.133. The van der Waals surface area contributed by atoms with Gasteiger partial charge in [0, 0.05) is 18.7 Å². The van der Waals surface area contributed by atoms with E-state index in [4.69, 9.17) is 4.74 Å². The fourth-order valence-corrected chi connectivity index (χ4v) is 2.94. The zero-order valence-electron chi connectivity index (χ0n) is 14.4. The van der Waals surface area contributed by atoms with Crippen molar-refractivity contribution in [1.29, 1.82) is 0 Å². The highest BCUT2D eigenvalue weighted by Crippen LogP contribution is 2.34. The van der Waals surface area contributed by atoms with Crippen LogP contribution in [0, 0.1) is 16.0 Å². The monoisotopic (exact) mass is 375 g/mol. The molecule has 2 atom stereocenters. The Hall–Kier alpha value is -2.36. The number of piperidine rings is 1. The van der Waals surface area contributed by atoms with E-state index in [2.05, 4.69) is 5.32 Å². The molecule has 0 spiro atoms. The van der Waals surface area contributed by atoms with Gasteiger partial charge in [-0.15, -0.1) is 0 Å². The van der Waals surface area contributed by atoms with E-state index in [-0.39, 0.29) is 30.1 Å². The van der Waals surface area contributed by atoms with Gasteiger partial charge in [-0.1, -0.05) is 0 Å². The highest BCUT2D eigenvalue weighted by atomic mass is 19.4. The Balaban J connectivity index is 2.11. The number of amides is 1. The van der Waals surface area contributed by atoms with E-state index in [1.807, 2.05) is 0 Å². The number of carbonyl (C=O) groups is 1. The summed E-state index contributed by atoms with van der Waals surface area (Å²) in [6, 6.07) is 2.91. The first-order valence-corrected chi connectivity index (χ1v) is 8.07. The highest BCUT2D eigenvalue weighted by molar-refractivity contribution is 5.96. The molecule has 1 aromatic carbocycles. The third kappa shape index (κ3) is 4.63. The summed E-state index contributed by atoms with van der Waals surface area (Å²) in [5, 5.41) is 13.4. The summed E-state index contributed by atoms with van der Waals surface area (Å²) < 4.78 is 43.9. The molecular formula is C16H20F3N3O4. The van der Waals surface area contributed by atoms with Crippen LogP contribution in [0.5, 0.6) is 5.75 Å². The average molecular weight is 375 g/mol. The van der Waals surface area contributed by atoms with Crippen LogP contribution in [-0.4, -0.2) is 48.1 Å². The number of hydrogen-bond acceptors (Lipinski definition) is 5. The third-order valence-electron chi connectivity index (χ3n) is 4.49. The minimum Gasteiger partial charge on any atom is -0.495 e. The summed E-state index contributed by atoms with van der Waals surface area (Å²) in [4.78, 5) is 24.2. The number of likely N-dealkylation sites (tertiary alicyclic amines) is 1. The number of anilines is 1. The van der Waals surface area contributed by atoms with Crippen molar-refractivity contribution in [2.45, 2.75) is 32.0 Å². The quantitative estimate of drug-likeness (QED) is 0.631. The number of hydrogen-bond donors (Lipinski definition) is 1. The van der Waals surface area contributed by atoms with E-state index in [0.717, 1.165) is 6.07 Å². The van der Waals surface area contributed by atoms with Gasteiger partial charge in [-0.05, 0) is 32.4 Å². The van der Waals surface area contributed by atoms with Gasteiger partial charge in [0.05, 0.1) is 29.7 Å². The fourth-order valence-electron chi connectivity index (χ4n) is 2.94. The predicted molar refractivity (Wildman–Crippen MR) is 88.1 cm³/mol. The molecule has 1 heterocycles. The van der Waals surface area contributed by atoms with E-state index in [0.29, 0.717) is 13.0 Å². The van der Waals surface area contributed by atoms with E-state index in [9.17, 15) is 28.1 Å². The number of carbonyl (C=O) groups excluding carboxylic acids is 1. The molecule has 26 heavy (non-hydrogen) atoms. The van der Waals surface area contributed by atoms with Gasteiger partial charge in [-0.25, -0.2) is 0 Å². The number of ether oxygens (including phenoxy) is 1. The number of nitrogens with one attached hydrogen (secondary N) is 1. The number of methoxy groups -OCH3 is 1. The predicted octanol–water partition coefficient (Wildman–Crippen LogP) is 3.20. The Bertz CT molecular complexity index is 681. The van der Waals surface area contributed by atoms with Crippen LogP contribution in [0.1, 0.15) is 19.8 Å². The average Bonchev–Trinajstić information content (AvgIpc) is 2.60. The smallest absolute Gasteiger partial charge is 0.393 e. The van der Waals surface area contributed by atoms with E-state index >= 15 is 0 Å². The highest BCUT2D eigenvalue weighted by Gasteiger charge is 2.43. The van der Waals surface area contributed by atoms with Gasteiger partial charge in [-0.2, -0.15) is 13.2 Å². The number of benzene rings is 1. The lowest BCUT2D eigenvalue weighted by atomic mass is 9.96. The van der Waals surface area contributed by atoms with Gasteiger partial charge in [0.15, 0.2) is 0 Å². The molecule has 0 bridgehead atoms. The van der Waals surface area contributed by atoms with Crippen molar-refractivity contribution in [2.24, 2.45) is 5.92 Å². The normalized spacial score (nSPS) is 19.7. The zero-order chi connectivity index (χ0) is 19.5. The number of nitrogens with zero attached hydrogens (tertiary/aromatic N) is 2. The van der Waals surface area contributed by atoms with Gasteiger partial charge < -0.3 is 10.1 Å². The zero-order valence-corrected chi connectivity index (χ0v) is 14.4. The Kier molecular flexibility index (Phi) is 6.06. The van der Waals surface area contributed by atoms with Crippen molar-refractivity contribution in [3.05, 3.63) is 28.3 Å². The van der Waals surface area contributed by atoms with Crippen LogP contribution in [0.25, 0.3) is 0 Å². The van der Waals surface area contributed by atoms with Crippen LogP contribution in [0.3, 0.4) is 0 Å². The van der Waals surface area contributed by atoms with Crippen molar-refractivity contribution in [3.8, 4) is 5.75 Å². The second-order valence-electron chi connectivity index (χ2n) is 6.18. The first-order chi connectivity index (χ1) is 12.1. The lowest BCUT2D eigenvalue weighted by molar-refractivity contribution is -0.384. The van der Waals surface area contributed by atoms with Crippen LogP contribution in [0.2, 0.25) is 0 Å². The Morgan fingerprint density at radius 1 is 1.46 bits per heavy atom. The van der Waals surface area contributed by atoms with Crippen LogP contribution < -0.4 is 10.1 Å². The minimum absolute atomic E-state index is 0.0487. The Morgan fingerprint density at radius 3 is 2.73 bits per heavy atom. The number of rotatable bonds is 5. The summed E-state index contributed by atoms with van der Waals surface area (Å²) in [7, 11) is 1.35. The van der Waals surface area contributed by atoms with Gasteiger partial charge in [-0.3, -0.25) is 19.8 Å². The lowest BCUT2D eigenvalue weighted by Crippen LogP contribution is -2.49. The van der Waals surface area contributed by atoms with Crippen LogP contribution >= 0.6 is 0 Å². The van der Waals surface area contributed by atoms with Crippen molar-refractivity contribution in [3.63, 3.8) is 0 Å². The largest absolute Gasteiger partial charge is 0.495 e. The number of alkyl halides is 3. The summed E-state index contributed by atoms with van der Waals surface area (Å²) in [5.74, 6) is -1.78. The van der Waals surface area contributed by atoms with Crippen LogP contribution in [-0.2, 0) is 4.79 Å². The molecule has 1 N–H and O–H groups in total. The van der Waals surface area contributed by atoms with Crippen molar-refractivity contribution in [1.82, 2.24) is 4.90 Å². The first-order valence-electron chi connectivity index (χ1n) is 8.07. The second kappa shape index (κ2) is 7.90. The molecule has 1 aromatic rings. The van der Waals surface area contributed by atoms with Gasteiger partial charge >= 0.3 is 6.18 Å². The number of nitro benzene ring substituents is 1. The van der Waals surface area contributed by atoms with Crippen LogP contribution in [0.15, 0.2) is 18.2 Å². The van der Waals surface area contributed by atoms with Gasteiger partial charge in [0.25, 0.3) is 5.69 Å². The van der Waals surface area contributed by atoms with Gasteiger partial charge in [0.1, 0.15) is 5.75 Å². The number of nitro groups is 1. The number of halogens is 3. The molecule has 10 heteroatoms.